The number of carbonyl (C=O) groups is 2. The number of hydrogen-bond donors (Lipinski definition) is 2. The summed E-state index contributed by atoms with van der Waals surface area (Å²) >= 11 is 0. The predicted molar refractivity (Wildman–Crippen MR) is 109 cm³/mol. The molecule has 6 nitrogen and oxygen atoms in total. The highest BCUT2D eigenvalue weighted by molar-refractivity contribution is 5.94. The summed E-state index contributed by atoms with van der Waals surface area (Å²) in [7, 11) is 0. The molecule has 1 saturated heterocycles. The van der Waals surface area contributed by atoms with Gasteiger partial charge in [-0.05, 0) is 61.1 Å². The van der Waals surface area contributed by atoms with E-state index in [4.69, 9.17) is 4.74 Å². The van der Waals surface area contributed by atoms with Crippen molar-refractivity contribution in [3.05, 3.63) is 59.4 Å². The van der Waals surface area contributed by atoms with Crippen LogP contribution in [-0.2, 0) is 4.74 Å². The fourth-order valence-electron chi connectivity index (χ4n) is 3.82. The molecule has 1 aliphatic carbocycles. The average molecular weight is 397 g/mol. The normalized spacial score (nSPS) is 17.4. The topological polar surface area (TPSA) is 70.7 Å². The van der Waals surface area contributed by atoms with E-state index in [1.165, 1.54) is 12.1 Å². The molecule has 1 saturated carbocycles. The lowest BCUT2D eigenvalue weighted by Crippen LogP contribution is -2.38. The van der Waals surface area contributed by atoms with Gasteiger partial charge in [-0.15, -0.1) is 0 Å². The van der Waals surface area contributed by atoms with Crippen LogP contribution in [0.15, 0.2) is 42.5 Å². The maximum atomic E-state index is 13.3. The highest BCUT2D eigenvalue weighted by atomic mass is 19.1. The second-order valence-electron chi connectivity index (χ2n) is 7.59. The summed E-state index contributed by atoms with van der Waals surface area (Å²) in [6.45, 7) is 2.76. The van der Waals surface area contributed by atoms with Gasteiger partial charge in [0, 0.05) is 5.69 Å². The van der Waals surface area contributed by atoms with E-state index in [-0.39, 0.29) is 24.0 Å². The summed E-state index contributed by atoms with van der Waals surface area (Å²) in [6.07, 6.45) is 2.83. The number of halogens is 1. The van der Waals surface area contributed by atoms with Gasteiger partial charge >= 0.3 is 12.1 Å². The van der Waals surface area contributed by atoms with E-state index in [0.717, 1.165) is 36.1 Å². The van der Waals surface area contributed by atoms with Gasteiger partial charge in [-0.1, -0.05) is 24.6 Å². The number of nitrogens with zero attached hydrogens (tertiary/aromatic N) is 1. The van der Waals surface area contributed by atoms with Gasteiger partial charge in [0.2, 0.25) is 0 Å². The maximum absolute atomic E-state index is 13.3. The first-order valence-corrected chi connectivity index (χ1v) is 9.89. The molecule has 7 heteroatoms. The van der Waals surface area contributed by atoms with E-state index in [1.807, 2.05) is 13.0 Å². The summed E-state index contributed by atoms with van der Waals surface area (Å²) < 4.78 is 18.3. The first-order valence-electron chi connectivity index (χ1n) is 9.89. The fourth-order valence-corrected chi connectivity index (χ4v) is 3.82. The third-order valence-corrected chi connectivity index (χ3v) is 5.66. The van der Waals surface area contributed by atoms with E-state index >= 15 is 0 Å². The Balaban J connectivity index is 1.48. The smallest absolute Gasteiger partial charge is 0.414 e. The number of anilines is 2. The highest BCUT2D eigenvalue weighted by Gasteiger charge is 2.30. The number of aryl methyl sites for hydroxylation is 1. The maximum Gasteiger partial charge on any atom is 0.414 e. The molecule has 2 N–H and O–H groups in total. The van der Waals surface area contributed by atoms with Crippen LogP contribution in [0.4, 0.5) is 25.4 Å². The van der Waals surface area contributed by atoms with Crippen molar-refractivity contribution in [2.45, 2.75) is 32.2 Å². The SMILES string of the molecule is Cc1ccc(NC(=O)NC(c2ccc(F)cc2)C2CCC2)cc1N1CCOC1=O. The Morgan fingerprint density at radius 3 is 2.59 bits per heavy atom. The van der Waals surface area contributed by atoms with Crippen LogP contribution in [0.1, 0.15) is 36.4 Å². The van der Waals surface area contributed by atoms with Crippen molar-refractivity contribution >= 4 is 23.5 Å². The second kappa shape index (κ2) is 8.11. The number of benzene rings is 2. The van der Waals surface area contributed by atoms with Crippen LogP contribution in [0.2, 0.25) is 0 Å². The first kappa shape index (κ1) is 19.2. The van der Waals surface area contributed by atoms with E-state index in [1.54, 1.807) is 29.2 Å². The fraction of sp³-hybridized carbons (Fsp3) is 0.364. The average Bonchev–Trinajstić information content (AvgIpc) is 3.08. The van der Waals surface area contributed by atoms with E-state index in [9.17, 15) is 14.0 Å². The van der Waals surface area contributed by atoms with E-state index in [2.05, 4.69) is 10.6 Å². The standard InChI is InChI=1S/C22H24FN3O3/c1-14-5-10-18(13-19(14)26-11-12-29-22(26)28)24-21(27)25-20(15-3-2-4-15)16-6-8-17(23)9-7-16/h5-10,13,15,20H,2-4,11-12H2,1H3,(H2,24,25,27). The zero-order valence-corrected chi connectivity index (χ0v) is 16.3. The summed E-state index contributed by atoms with van der Waals surface area (Å²) in [6, 6.07) is 11.2. The molecule has 2 aromatic rings. The number of hydrogen-bond acceptors (Lipinski definition) is 3. The van der Waals surface area contributed by atoms with Gasteiger partial charge in [-0.2, -0.15) is 0 Å². The summed E-state index contributed by atoms with van der Waals surface area (Å²) in [4.78, 5) is 26.1. The Morgan fingerprint density at radius 1 is 1.21 bits per heavy atom. The van der Waals surface area contributed by atoms with Crippen molar-refractivity contribution in [2.75, 3.05) is 23.4 Å². The van der Waals surface area contributed by atoms with Gasteiger partial charge < -0.3 is 15.4 Å². The van der Waals surface area contributed by atoms with Crippen LogP contribution >= 0.6 is 0 Å². The zero-order valence-electron chi connectivity index (χ0n) is 16.3. The highest BCUT2D eigenvalue weighted by Crippen LogP contribution is 2.38. The van der Waals surface area contributed by atoms with Crippen LogP contribution in [-0.4, -0.2) is 25.3 Å². The molecule has 1 heterocycles. The summed E-state index contributed by atoms with van der Waals surface area (Å²) in [5.74, 6) is 0.0531. The largest absolute Gasteiger partial charge is 0.447 e. The monoisotopic (exact) mass is 397 g/mol. The van der Waals surface area contributed by atoms with Crippen molar-refractivity contribution in [1.29, 1.82) is 0 Å². The second-order valence-corrected chi connectivity index (χ2v) is 7.59. The summed E-state index contributed by atoms with van der Waals surface area (Å²) in [5, 5.41) is 5.90. The minimum absolute atomic E-state index is 0.164. The number of ether oxygens (including phenoxy) is 1. The number of rotatable bonds is 5. The summed E-state index contributed by atoms with van der Waals surface area (Å²) in [5.41, 5.74) is 3.14. The number of carbonyl (C=O) groups excluding carboxylic acids is 2. The molecular formula is C22H24FN3O3. The first-order chi connectivity index (χ1) is 14.0. The molecule has 2 aromatic carbocycles. The molecule has 0 radical (unpaired) electrons. The third-order valence-electron chi connectivity index (χ3n) is 5.66. The van der Waals surface area contributed by atoms with Gasteiger partial charge in [0.1, 0.15) is 12.4 Å². The number of amides is 3. The molecule has 0 bridgehead atoms. The molecular weight excluding hydrogens is 373 g/mol. The lowest BCUT2D eigenvalue weighted by molar-refractivity contribution is 0.181. The molecule has 1 atom stereocenters. The quantitative estimate of drug-likeness (QED) is 0.765. The van der Waals surface area contributed by atoms with Crippen molar-refractivity contribution in [2.24, 2.45) is 5.92 Å². The molecule has 29 heavy (non-hydrogen) atoms. The molecule has 1 aliphatic heterocycles. The lowest BCUT2D eigenvalue weighted by atomic mass is 9.77. The minimum atomic E-state index is -0.379. The van der Waals surface area contributed by atoms with Crippen molar-refractivity contribution in [1.82, 2.24) is 5.32 Å². The molecule has 3 amide bonds. The van der Waals surface area contributed by atoms with Crippen LogP contribution < -0.4 is 15.5 Å². The van der Waals surface area contributed by atoms with Crippen molar-refractivity contribution < 1.29 is 18.7 Å². The molecule has 2 fully saturated rings. The Bertz CT molecular complexity index is 912. The lowest BCUT2D eigenvalue weighted by Gasteiger charge is -2.34. The van der Waals surface area contributed by atoms with E-state index < -0.39 is 0 Å². The van der Waals surface area contributed by atoms with Gasteiger partial charge in [0.05, 0.1) is 18.3 Å². The Morgan fingerprint density at radius 2 is 1.97 bits per heavy atom. The molecule has 0 aromatic heterocycles. The van der Waals surface area contributed by atoms with E-state index in [0.29, 0.717) is 24.8 Å². The zero-order chi connectivity index (χ0) is 20.4. The molecule has 4 rings (SSSR count). The third kappa shape index (κ3) is 4.18. The van der Waals surface area contributed by atoms with Crippen LogP contribution in [0.3, 0.4) is 0 Å². The Hall–Kier alpha value is -3.09. The molecule has 1 unspecified atom stereocenters. The number of nitrogens with one attached hydrogen (secondary N) is 2. The van der Waals surface area contributed by atoms with Gasteiger partial charge in [-0.25, -0.2) is 14.0 Å². The van der Waals surface area contributed by atoms with Crippen LogP contribution in [0.25, 0.3) is 0 Å². The van der Waals surface area contributed by atoms with Crippen molar-refractivity contribution in [3.8, 4) is 0 Å². The minimum Gasteiger partial charge on any atom is -0.447 e. The van der Waals surface area contributed by atoms with Crippen LogP contribution in [0, 0.1) is 18.7 Å². The predicted octanol–water partition coefficient (Wildman–Crippen LogP) is 4.75. The molecule has 152 valence electrons. The molecule has 2 aliphatic rings. The Kier molecular flexibility index (Phi) is 5.38. The van der Waals surface area contributed by atoms with Crippen LogP contribution in [0.5, 0.6) is 0 Å². The van der Waals surface area contributed by atoms with Crippen molar-refractivity contribution in [3.63, 3.8) is 0 Å². The number of cyclic esters (lactones) is 1. The van der Waals surface area contributed by atoms with Gasteiger partial charge in [-0.3, -0.25) is 4.90 Å². The van der Waals surface area contributed by atoms with Gasteiger partial charge in [0.15, 0.2) is 0 Å². The molecule has 0 spiro atoms. The van der Waals surface area contributed by atoms with Gasteiger partial charge in [0.25, 0.3) is 0 Å². The Labute approximate surface area is 169 Å². The number of urea groups is 1.